The van der Waals surface area contributed by atoms with Crippen molar-refractivity contribution in [1.82, 2.24) is 4.31 Å². The quantitative estimate of drug-likeness (QED) is 0.419. The number of amides is 1. The first-order valence-electron chi connectivity index (χ1n) is 8.80. The summed E-state index contributed by atoms with van der Waals surface area (Å²) in [5, 5.41) is 3.05. The average Bonchev–Trinajstić information content (AvgIpc) is 2.71. The van der Waals surface area contributed by atoms with Gasteiger partial charge in [-0.1, -0.05) is 29.8 Å². The molecule has 3 rings (SSSR count). The Bertz CT molecular complexity index is 1140. The Kier molecular flexibility index (Phi) is 7.45. The summed E-state index contributed by atoms with van der Waals surface area (Å²) in [5.74, 6) is -1.09. The smallest absolute Gasteiger partial charge is 0.243 e. The van der Waals surface area contributed by atoms with Crippen LogP contribution >= 0.6 is 34.2 Å². The molecule has 0 saturated heterocycles. The molecule has 0 spiro atoms. The lowest BCUT2D eigenvalue weighted by atomic mass is 10.2. The van der Waals surface area contributed by atoms with E-state index in [4.69, 9.17) is 11.6 Å². The highest BCUT2D eigenvalue weighted by Gasteiger charge is 2.27. The number of carbonyl (C=O) groups excluding carboxylic acids is 1. The Morgan fingerprint density at radius 2 is 1.63 bits per heavy atom. The molecule has 0 aliphatic rings. The minimum absolute atomic E-state index is 0.0368. The van der Waals surface area contributed by atoms with Gasteiger partial charge in [0.05, 0.1) is 11.4 Å². The fourth-order valence-electron chi connectivity index (χ4n) is 2.69. The largest absolute Gasteiger partial charge is 0.325 e. The van der Waals surface area contributed by atoms with Gasteiger partial charge < -0.3 is 5.32 Å². The van der Waals surface area contributed by atoms with E-state index >= 15 is 0 Å². The van der Waals surface area contributed by atoms with E-state index in [9.17, 15) is 17.6 Å². The number of carbonyl (C=O) groups is 1. The Morgan fingerprint density at radius 1 is 1.00 bits per heavy atom. The minimum atomic E-state index is -4.08. The predicted molar refractivity (Wildman–Crippen MR) is 123 cm³/mol. The van der Waals surface area contributed by atoms with Crippen LogP contribution in [0.2, 0.25) is 5.02 Å². The van der Waals surface area contributed by atoms with Gasteiger partial charge in [-0.05, 0) is 77.2 Å². The topological polar surface area (TPSA) is 66.5 Å². The van der Waals surface area contributed by atoms with Crippen molar-refractivity contribution < 1.29 is 17.6 Å². The lowest BCUT2D eigenvalue weighted by Crippen LogP contribution is -2.37. The van der Waals surface area contributed by atoms with Gasteiger partial charge in [-0.2, -0.15) is 4.31 Å². The predicted octanol–water partition coefficient (Wildman–Crippen LogP) is 4.91. The Hall–Kier alpha value is -2.01. The summed E-state index contributed by atoms with van der Waals surface area (Å²) in [4.78, 5) is 12.5. The van der Waals surface area contributed by atoms with E-state index in [2.05, 4.69) is 27.9 Å². The van der Waals surface area contributed by atoms with E-state index in [1.54, 1.807) is 18.2 Å². The highest BCUT2D eigenvalue weighted by Crippen LogP contribution is 2.22. The molecule has 1 N–H and O–H groups in total. The summed E-state index contributed by atoms with van der Waals surface area (Å²) < 4.78 is 42.5. The maximum Gasteiger partial charge on any atom is 0.243 e. The van der Waals surface area contributed by atoms with E-state index in [0.29, 0.717) is 10.7 Å². The van der Waals surface area contributed by atoms with Crippen LogP contribution in [0.5, 0.6) is 0 Å². The van der Waals surface area contributed by atoms with Gasteiger partial charge in [0.1, 0.15) is 5.82 Å². The molecule has 0 aliphatic heterocycles. The molecule has 3 aromatic carbocycles. The molecule has 5 nitrogen and oxygen atoms in total. The van der Waals surface area contributed by atoms with Crippen LogP contribution in [0.1, 0.15) is 5.56 Å². The molecule has 3 aromatic rings. The lowest BCUT2D eigenvalue weighted by molar-refractivity contribution is -0.116. The fraction of sp³-hybridized carbons (Fsp3) is 0.0952. The van der Waals surface area contributed by atoms with Crippen LogP contribution in [0.4, 0.5) is 10.1 Å². The van der Waals surface area contributed by atoms with Crippen molar-refractivity contribution in [3.8, 4) is 0 Å². The first-order valence-corrected chi connectivity index (χ1v) is 11.7. The first-order chi connectivity index (χ1) is 14.3. The Morgan fingerprint density at radius 3 is 2.27 bits per heavy atom. The molecular weight excluding hydrogens is 542 g/mol. The molecule has 9 heteroatoms. The van der Waals surface area contributed by atoms with Gasteiger partial charge in [-0.25, -0.2) is 12.8 Å². The van der Waals surface area contributed by atoms with Crippen molar-refractivity contribution in [2.75, 3.05) is 11.9 Å². The van der Waals surface area contributed by atoms with Crippen molar-refractivity contribution >= 4 is 55.8 Å². The van der Waals surface area contributed by atoms with Gasteiger partial charge >= 0.3 is 0 Å². The number of hydrogen-bond acceptors (Lipinski definition) is 3. The number of rotatable bonds is 7. The molecule has 30 heavy (non-hydrogen) atoms. The SMILES string of the molecule is O=C(CN(Cc1ccccc1F)S(=O)(=O)c1ccc(Cl)cc1)Nc1ccc(I)cc1. The van der Waals surface area contributed by atoms with Crippen LogP contribution in [-0.4, -0.2) is 25.2 Å². The third-order valence-electron chi connectivity index (χ3n) is 4.20. The Labute approximate surface area is 193 Å². The summed E-state index contributed by atoms with van der Waals surface area (Å²) in [6, 6.07) is 18.5. The van der Waals surface area contributed by atoms with Crippen LogP contribution in [0, 0.1) is 9.39 Å². The number of anilines is 1. The maximum absolute atomic E-state index is 14.2. The van der Waals surface area contributed by atoms with E-state index in [1.165, 1.54) is 42.5 Å². The first kappa shape index (κ1) is 22.7. The van der Waals surface area contributed by atoms with Crippen LogP contribution in [0.3, 0.4) is 0 Å². The number of benzene rings is 3. The molecule has 0 aromatic heterocycles. The monoisotopic (exact) mass is 558 g/mol. The fourth-order valence-corrected chi connectivity index (χ4v) is 4.55. The normalized spacial score (nSPS) is 11.5. The number of nitrogens with one attached hydrogen (secondary N) is 1. The second-order valence-electron chi connectivity index (χ2n) is 6.37. The third-order valence-corrected chi connectivity index (χ3v) is 6.98. The molecule has 1 amide bonds. The van der Waals surface area contributed by atoms with E-state index < -0.39 is 28.3 Å². The summed E-state index contributed by atoms with van der Waals surface area (Å²) in [6.45, 7) is -0.775. The van der Waals surface area contributed by atoms with Gasteiger partial charge in [0.25, 0.3) is 0 Å². The minimum Gasteiger partial charge on any atom is -0.325 e. The standard InChI is InChI=1S/C21H17ClFIN2O3S/c22-16-5-11-19(12-6-16)30(28,29)26(13-15-3-1-2-4-20(15)23)14-21(27)25-18-9-7-17(24)8-10-18/h1-12H,13-14H2,(H,25,27). The molecule has 0 radical (unpaired) electrons. The molecule has 0 heterocycles. The molecule has 0 unspecified atom stereocenters. The lowest BCUT2D eigenvalue weighted by Gasteiger charge is -2.22. The second kappa shape index (κ2) is 9.86. The van der Waals surface area contributed by atoms with Crippen molar-refractivity contribution in [3.05, 3.63) is 92.8 Å². The molecule has 0 atom stereocenters. The van der Waals surface area contributed by atoms with Crippen molar-refractivity contribution in [3.63, 3.8) is 0 Å². The Balaban J connectivity index is 1.88. The molecule has 0 fully saturated rings. The van der Waals surface area contributed by atoms with E-state index in [-0.39, 0.29) is 17.0 Å². The summed E-state index contributed by atoms with van der Waals surface area (Å²) in [6.07, 6.45) is 0. The second-order valence-corrected chi connectivity index (χ2v) is 9.99. The summed E-state index contributed by atoms with van der Waals surface area (Å²) >= 11 is 7.99. The molecule has 156 valence electrons. The van der Waals surface area contributed by atoms with Gasteiger partial charge in [0.2, 0.25) is 15.9 Å². The van der Waals surface area contributed by atoms with Gasteiger partial charge in [0.15, 0.2) is 0 Å². The highest BCUT2D eigenvalue weighted by atomic mass is 127. The van der Waals surface area contributed by atoms with Crippen molar-refractivity contribution in [2.24, 2.45) is 0 Å². The van der Waals surface area contributed by atoms with E-state index in [0.717, 1.165) is 7.88 Å². The number of hydrogen-bond donors (Lipinski definition) is 1. The van der Waals surface area contributed by atoms with Gasteiger partial charge in [0, 0.05) is 26.4 Å². The molecule has 0 bridgehead atoms. The van der Waals surface area contributed by atoms with Crippen LogP contribution < -0.4 is 5.32 Å². The van der Waals surface area contributed by atoms with Crippen LogP contribution in [0.15, 0.2) is 77.7 Å². The van der Waals surface area contributed by atoms with Crippen LogP contribution in [-0.2, 0) is 21.4 Å². The maximum atomic E-state index is 14.2. The number of nitrogens with zero attached hydrogens (tertiary/aromatic N) is 1. The zero-order chi connectivity index (χ0) is 21.7. The van der Waals surface area contributed by atoms with Crippen molar-refractivity contribution in [2.45, 2.75) is 11.4 Å². The van der Waals surface area contributed by atoms with Gasteiger partial charge in [-0.15, -0.1) is 0 Å². The summed E-state index contributed by atoms with van der Waals surface area (Å²) in [7, 11) is -4.08. The van der Waals surface area contributed by atoms with Gasteiger partial charge in [-0.3, -0.25) is 4.79 Å². The van der Waals surface area contributed by atoms with Crippen LogP contribution in [0.25, 0.3) is 0 Å². The van der Waals surface area contributed by atoms with E-state index in [1.807, 2.05) is 12.1 Å². The average molecular weight is 559 g/mol. The zero-order valence-electron chi connectivity index (χ0n) is 15.6. The molecule has 0 aliphatic carbocycles. The summed E-state index contributed by atoms with van der Waals surface area (Å²) in [5.41, 5.74) is 0.701. The number of sulfonamides is 1. The zero-order valence-corrected chi connectivity index (χ0v) is 19.3. The van der Waals surface area contributed by atoms with Crippen molar-refractivity contribution in [1.29, 1.82) is 0 Å². The molecule has 0 saturated carbocycles. The third kappa shape index (κ3) is 5.78. The number of halogens is 3. The molecular formula is C21H17ClFIN2O3S. The highest BCUT2D eigenvalue weighted by molar-refractivity contribution is 14.1.